The summed E-state index contributed by atoms with van der Waals surface area (Å²) in [5, 5.41) is 1.92. The molecular weight excluding hydrogens is 272 g/mol. The molecule has 2 heterocycles. The summed E-state index contributed by atoms with van der Waals surface area (Å²) in [6.45, 7) is 4.67. The van der Waals surface area contributed by atoms with Crippen LogP contribution in [0.5, 0.6) is 0 Å². The Labute approximate surface area is 121 Å². The molecule has 1 aromatic heterocycles. The Balaban J connectivity index is 1.72. The minimum Gasteiger partial charge on any atom is -0.320 e. The van der Waals surface area contributed by atoms with Gasteiger partial charge in [0.15, 0.2) is 0 Å². The van der Waals surface area contributed by atoms with Crippen LogP contribution in [0.4, 0.5) is 0 Å². The van der Waals surface area contributed by atoms with Crippen molar-refractivity contribution >= 4 is 23.2 Å². The molecule has 3 rings (SSSR count). The third-order valence-electron chi connectivity index (χ3n) is 4.19. The highest BCUT2D eigenvalue weighted by molar-refractivity contribution is 7.10. The lowest BCUT2D eigenvalue weighted by molar-refractivity contribution is -0.143. The fourth-order valence-electron chi connectivity index (χ4n) is 3.00. The average Bonchev–Trinajstić information content (AvgIpc) is 2.72. The van der Waals surface area contributed by atoms with Crippen molar-refractivity contribution in [1.82, 2.24) is 4.90 Å². The Bertz CT molecular complexity index is 626. The van der Waals surface area contributed by atoms with Gasteiger partial charge in [-0.1, -0.05) is 25.7 Å². The number of nitrogens with two attached hydrogens (primary N) is 1. The SMILES string of the molecule is CC1(C)C2C(=O)N(Cc3cc(C#CCN)cs3)C(=O)C21. The second-order valence-corrected chi connectivity index (χ2v) is 6.84. The summed E-state index contributed by atoms with van der Waals surface area (Å²) in [7, 11) is 0. The van der Waals surface area contributed by atoms with Gasteiger partial charge < -0.3 is 5.73 Å². The van der Waals surface area contributed by atoms with E-state index in [2.05, 4.69) is 11.8 Å². The predicted molar refractivity (Wildman–Crippen MR) is 76.6 cm³/mol. The van der Waals surface area contributed by atoms with Gasteiger partial charge in [0.1, 0.15) is 0 Å². The number of piperidine rings is 1. The highest BCUT2D eigenvalue weighted by Gasteiger charge is 2.72. The third kappa shape index (κ3) is 1.88. The van der Waals surface area contributed by atoms with Gasteiger partial charge in [-0.2, -0.15) is 0 Å². The van der Waals surface area contributed by atoms with E-state index in [1.807, 2.05) is 25.3 Å². The van der Waals surface area contributed by atoms with Crippen LogP contribution in [0, 0.1) is 29.1 Å². The maximum Gasteiger partial charge on any atom is 0.234 e. The Kier molecular flexibility index (Phi) is 2.96. The molecular formula is C15H16N2O2S. The van der Waals surface area contributed by atoms with Crippen LogP contribution in [0.1, 0.15) is 24.3 Å². The van der Waals surface area contributed by atoms with E-state index in [1.165, 1.54) is 16.2 Å². The van der Waals surface area contributed by atoms with E-state index in [0.29, 0.717) is 13.1 Å². The Morgan fingerprint density at radius 2 is 2.00 bits per heavy atom. The summed E-state index contributed by atoms with van der Waals surface area (Å²) in [6.07, 6.45) is 0. The first kappa shape index (κ1) is 13.3. The molecule has 2 N–H and O–H groups in total. The average molecular weight is 288 g/mol. The van der Waals surface area contributed by atoms with Gasteiger partial charge in [-0.05, 0) is 11.5 Å². The van der Waals surface area contributed by atoms with Crippen LogP contribution in [0.2, 0.25) is 0 Å². The summed E-state index contributed by atoms with van der Waals surface area (Å²) in [5.41, 5.74) is 6.08. The number of thiophene rings is 1. The van der Waals surface area contributed by atoms with Crippen molar-refractivity contribution in [3.05, 3.63) is 21.9 Å². The maximum atomic E-state index is 12.2. The molecule has 0 radical (unpaired) electrons. The van der Waals surface area contributed by atoms with E-state index in [1.54, 1.807) is 0 Å². The van der Waals surface area contributed by atoms with Crippen molar-refractivity contribution in [3.8, 4) is 11.8 Å². The van der Waals surface area contributed by atoms with Gasteiger partial charge in [0.2, 0.25) is 11.8 Å². The minimum atomic E-state index is -0.141. The lowest BCUT2D eigenvalue weighted by atomic mass is 10.1. The van der Waals surface area contributed by atoms with Gasteiger partial charge >= 0.3 is 0 Å². The van der Waals surface area contributed by atoms with Crippen LogP contribution in [0.25, 0.3) is 0 Å². The summed E-state index contributed by atoms with van der Waals surface area (Å²) >= 11 is 1.52. The van der Waals surface area contributed by atoms with Gasteiger partial charge in [0.25, 0.3) is 0 Å². The molecule has 2 unspecified atom stereocenters. The number of likely N-dealkylation sites (tertiary alicyclic amines) is 1. The van der Waals surface area contributed by atoms with Crippen LogP contribution < -0.4 is 5.73 Å². The smallest absolute Gasteiger partial charge is 0.234 e. The molecule has 2 aliphatic rings. The Hall–Kier alpha value is -1.64. The number of rotatable bonds is 2. The topological polar surface area (TPSA) is 63.4 Å². The second-order valence-electron chi connectivity index (χ2n) is 5.85. The molecule has 1 aromatic rings. The van der Waals surface area contributed by atoms with E-state index in [4.69, 9.17) is 5.73 Å². The lowest BCUT2D eigenvalue weighted by Gasteiger charge is -2.19. The minimum absolute atomic E-state index is 0.0204. The number of amides is 2. The second kappa shape index (κ2) is 4.44. The van der Waals surface area contributed by atoms with Gasteiger partial charge in [-0.25, -0.2) is 0 Å². The van der Waals surface area contributed by atoms with Crippen LogP contribution >= 0.6 is 11.3 Å². The van der Waals surface area contributed by atoms with Gasteiger partial charge in [-0.3, -0.25) is 14.5 Å². The third-order valence-corrected chi connectivity index (χ3v) is 5.12. The van der Waals surface area contributed by atoms with Crippen molar-refractivity contribution in [2.45, 2.75) is 20.4 Å². The standard InChI is InChI=1S/C15H16N2O2S/c1-15(2)11-12(15)14(19)17(13(11)18)7-10-6-9(8-20-10)4-3-5-16/h6,8,11-12H,5,7,16H2,1-2H3. The number of hydrogen-bond donors (Lipinski definition) is 1. The van der Waals surface area contributed by atoms with Crippen molar-refractivity contribution in [2.75, 3.05) is 6.54 Å². The number of carbonyl (C=O) groups excluding carboxylic acids is 2. The van der Waals surface area contributed by atoms with Crippen molar-refractivity contribution in [3.63, 3.8) is 0 Å². The summed E-state index contributed by atoms with van der Waals surface area (Å²) in [5.74, 6) is 5.49. The monoisotopic (exact) mass is 288 g/mol. The molecule has 1 saturated heterocycles. The molecule has 2 atom stereocenters. The zero-order valence-corrected chi connectivity index (χ0v) is 12.3. The quantitative estimate of drug-likeness (QED) is 0.657. The van der Waals surface area contributed by atoms with Crippen LogP contribution in [0.15, 0.2) is 11.4 Å². The molecule has 0 bridgehead atoms. The molecule has 20 heavy (non-hydrogen) atoms. The van der Waals surface area contributed by atoms with E-state index >= 15 is 0 Å². The maximum absolute atomic E-state index is 12.2. The zero-order chi connectivity index (χ0) is 14.5. The first-order valence-electron chi connectivity index (χ1n) is 6.58. The van der Waals surface area contributed by atoms with Gasteiger partial charge in [0, 0.05) is 15.8 Å². The molecule has 1 saturated carbocycles. The predicted octanol–water partition coefficient (Wildman–Crippen LogP) is 1.20. The molecule has 2 amide bonds. The molecule has 0 spiro atoms. The molecule has 5 heteroatoms. The van der Waals surface area contributed by atoms with Gasteiger partial charge in [-0.15, -0.1) is 11.3 Å². The summed E-state index contributed by atoms with van der Waals surface area (Å²) in [4.78, 5) is 26.8. The first-order valence-corrected chi connectivity index (χ1v) is 7.46. The molecule has 0 aromatic carbocycles. The van der Waals surface area contributed by atoms with Gasteiger partial charge in [0.05, 0.1) is 24.9 Å². The Morgan fingerprint density at radius 3 is 2.60 bits per heavy atom. The van der Waals surface area contributed by atoms with Crippen LogP contribution in [0.3, 0.4) is 0 Å². The highest BCUT2D eigenvalue weighted by atomic mass is 32.1. The Morgan fingerprint density at radius 1 is 1.35 bits per heavy atom. The zero-order valence-electron chi connectivity index (χ0n) is 11.5. The first-order chi connectivity index (χ1) is 9.46. The van der Waals surface area contributed by atoms with E-state index in [0.717, 1.165) is 10.4 Å². The summed E-state index contributed by atoms with van der Waals surface area (Å²) < 4.78 is 0. The van der Waals surface area contributed by atoms with Crippen molar-refractivity contribution in [1.29, 1.82) is 0 Å². The van der Waals surface area contributed by atoms with E-state index in [-0.39, 0.29) is 29.1 Å². The fourth-order valence-corrected chi connectivity index (χ4v) is 3.80. The molecule has 1 aliphatic carbocycles. The lowest BCUT2D eigenvalue weighted by Crippen LogP contribution is -2.35. The van der Waals surface area contributed by atoms with Crippen molar-refractivity contribution in [2.24, 2.45) is 23.0 Å². The molecule has 4 nitrogen and oxygen atoms in total. The molecule has 2 fully saturated rings. The number of hydrogen-bond acceptors (Lipinski definition) is 4. The number of fused-ring (bicyclic) bond motifs is 1. The largest absolute Gasteiger partial charge is 0.320 e. The van der Waals surface area contributed by atoms with Crippen LogP contribution in [-0.2, 0) is 16.1 Å². The summed E-state index contributed by atoms with van der Waals surface area (Å²) in [6, 6.07) is 1.92. The van der Waals surface area contributed by atoms with E-state index in [9.17, 15) is 9.59 Å². The number of imide groups is 1. The normalized spacial score (nSPS) is 26.2. The molecule has 1 aliphatic heterocycles. The van der Waals surface area contributed by atoms with Crippen molar-refractivity contribution < 1.29 is 9.59 Å². The highest BCUT2D eigenvalue weighted by Crippen LogP contribution is 2.63. The molecule has 104 valence electrons. The fraction of sp³-hybridized carbons (Fsp3) is 0.467. The van der Waals surface area contributed by atoms with E-state index < -0.39 is 0 Å². The number of nitrogens with zero attached hydrogens (tertiary/aromatic N) is 1. The number of carbonyl (C=O) groups is 2. The van der Waals surface area contributed by atoms with Crippen LogP contribution in [-0.4, -0.2) is 23.3 Å².